The van der Waals surface area contributed by atoms with E-state index in [-0.39, 0.29) is 5.91 Å². The van der Waals surface area contributed by atoms with Gasteiger partial charge in [-0.3, -0.25) is 4.79 Å². The number of amides is 1. The van der Waals surface area contributed by atoms with Crippen molar-refractivity contribution in [2.75, 3.05) is 5.32 Å². The average Bonchev–Trinajstić information content (AvgIpc) is 2.73. The standard InChI is InChI=1S/C13H17ClN2O/c1-9-10(14)5-4-6-11(9)16-12(17)13(15)7-2-3-8-13/h4-6H,2-3,7-8,15H2,1H3,(H,16,17). The van der Waals surface area contributed by atoms with Crippen molar-refractivity contribution in [3.8, 4) is 0 Å². The third-order valence-electron chi connectivity index (χ3n) is 3.46. The highest BCUT2D eigenvalue weighted by molar-refractivity contribution is 6.31. The quantitative estimate of drug-likeness (QED) is 0.850. The maximum absolute atomic E-state index is 12.1. The molecule has 3 N–H and O–H groups in total. The van der Waals surface area contributed by atoms with E-state index in [1.54, 1.807) is 6.07 Å². The van der Waals surface area contributed by atoms with Gasteiger partial charge in [0.05, 0.1) is 5.54 Å². The topological polar surface area (TPSA) is 55.1 Å². The van der Waals surface area contributed by atoms with Gasteiger partial charge in [-0.1, -0.05) is 30.5 Å². The predicted molar refractivity (Wildman–Crippen MR) is 70.2 cm³/mol. The summed E-state index contributed by atoms with van der Waals surface area (Å²) in [5.41, 5.74) is 7.02. The van der Waals surface area contributed by atoms with Crippen LogP contribution in [-0.2, 0) is 4.79 Å². The molecule has 3 nitrogen and oxygen atoms in total. The number of nitrogens with two attached hydrogens (primary N) is 1. The Hall–Kier alpha value is -1.06. The third-order valence-corrected chi connectivity index (χ3v) is 3.87. The minimum Gasteiger partial charge on any atom is -0.324 e. The lowest BCUT2D eigenvalue weighted by Crippen LogP contribution is -2.48. The number of anilines is 1. The van der Waals surface area contributed by atoms with E-state index in [1.807, 2.05) is 19.1 Å². The molecule has 4 heteroatoms. The first kappa shape index (κ1) is 12.4. The number of nitrogens with one attached hydrogen (secondary N) is 1. The van der Waals surface area contributed by atoms with E-state index in [2.05, 4.69) is 5.32 Å². The normalized spacial score (nSPS) is 18.1. The Labute approximate surface area is 106 Å². The summed E-state index contributed by atoms with van der Waals surface area (Å²) in [7, 11) is 0. The predicted octanol–water partition coefficient (Wildman–Crippen LogP) is 2.86. The summed E-state index contributed by atoms with van der Waals surface area (Å²) in [5, 5.41) is 3.54. The van der Waals surface area contributed by atoms with Gasteiger partial charge < -0.3 is 11.1 Å². The third kappa shape index (κ3) is 2.45. The molecule has 0 heterocycles. The lowest BCUT2D eigenvalue weighted by Gasteiger charge is -2.23. The zero-order valence-electron chi connectivity index (χ0n) is 9.92. The number of hydrogen-bond donors (Lipinski definition) is 2. The van der Waals surface area contributed by atoms with Gasteiger partial charge in [-0.15, -0.1) is 0 Å². The zero-order chi connectivity index (χ0) is 12.5. The molecule has 1 aromatic rings. The molecular formula is C13H17ClN2O. The largest absolute Gasteiger partial charge is 0.324 e. The maximum atomic E-state index is 12.1. The minimum atomic E-state index is -0.700. The van der Waals surface area contributed by atoms with Crippen LogP contribution in [0.4, 0.5) is 5.69 Å². The van der Waals surface area contributed by atoms with E-state index in [0.29, 0.717) is 5.02 Å². The van der Waals surface area contributed by atoms with Crippen LogP contribution in [-0.4, -0.2) is 11.4 Å². The number of carbonyl (C=O) groups is 1. The number of rotatable bonds is 2. The van der Waals surface area contributed by atoms with Gasteiger partial charge in [0.1, 0.15) is 0 Å². The van der Waals surface area contributed by atoms with Gasteiger partial charge in [-0.25, -0.2) is 0 Å². The van der Waals surface area contributed by atoms with Crippen molar-refractivity contribution < 1.29 is 4.79 Å². The Balaban J connectivity index is 2.16. The SMILES string of the molecule is Cc1c(Cl)cccc1NC(=O)C1(N)CCCC1. The van der Waals surface area contributed by atoms with Gasteiger partial charge in [-0.2, -0.15) is 0 Å². The monoisotopic (exact) mass is 252 g/mol. The summed E-state index contributed by atoms with van der Waals surface area (Å²) in [6.07, 6.45) is 3.58. The van der Waals surface area contributed by atoms with Crippen molar-refractivity contribution in [1.82, 2.24) is 0 Å². The van der Waals surface area contributed by atoms with Crippen molar-refractivity contribution in [1.29, 1.82) is 0 Å². The smallest absolute Gasteiger partial charge is 0.244 e. The van der Waals surface area contributed by atoms with Gasteiger partial charge >= 0.3 is 0 Å². The number of benzene rings is 1. The summed E-state index contributed by atoms with van der Waals surface area (Å²) in [4.78, 5) is 12.1. The van der Waals surface area contributed by atoms with E-state index < -0.39 is 5.54 Å². The number of carbonyl (C=O) groups excluding carboxylic acids is 1. The summed E-state index contributed by atoms with van der Waals surface area (Å²) in [6, 6.07) is 5.47. The number of halogens is 1. The molecule has 0 aromatic heterocycles. The van der Waals surface area contributed by atoms with Crippen molar-refractivity contribution in [2.24, 2.45) is 5.73 Å². The molecule has 0 unspecified atom stereocenters. The summed E-state index contributed by atoms with van der Waals surface area (Å²) < 4.78 is 0. The second kappa shape index (κ2) is 4.67. The number of hydrogen-bond acceptors (Lipinski definition) is 2. The van der Waals surface area contributed by atoms with E-state index in [4.69, 9.17) is 17.3 Å². The van der Waals surface area contributed by atoms with E-state index in [1.165, 1.54) is 0 Å². The molecule has 0 bridgehead atoms. The van der Waals surface area contributed by atoms with Crippen LogP contribution in [0.15, 0.2) is 18.2 Å². The fraction of sp³-hybridized carbons (Fsp3) is 0.462. The molecule has 0 atom stereocenters. The van der Waals surface area contributed by atoms with Crippen LogP contribution < -0.4 is 11.1 Å². The fourth-order valence-corrected chi connectivity index (χ4v) is 2.40. The molecule has 1 aliphatic rings. The second-order valence-corrected chi connectivity index (χ2v) is 5.14. The lowest BCUT2D eigenvalue weighted by atomic mass is 9.98. The van der Waals surface area contributed by atoms with Crippen LogP contribution in [0.1, 0.15) is 31.2 Å². The summed E-state index contributed by atoms with van der Waals surface area (Å²) >= 11 is 6.01. The molecule has 0 saturated heterocycles. The van der Waals surface area contributed by atoms with Gasteiger partial charge in [-0.05, 0) is 37.5 Å². The first-order chi connectivity index (χ1) is 8.03. The highest BCUT2D eigenvalue weighted by atomic mass is 35.5. The highest BCUT2D eigenvalue weighted by Crippen LogP contribution is 2.30. The van der Waals surface area contributed by atoms with E-state index in [0.717, 1.165) is 36.9 Å². The molecular weight excluding hydrogens is 236 g/mol. The van der Waals surface area contributed by atoms with Gasteiger partial charge in [0, 0.05) is 10.7 Å². The van der Waals surface area contributed by atoms with Crippen molar-refractivity contribution >= 4 is 23.2 Å². The first-order valence-corrected chi connectivity index (χ1v) is 6.26. The lowest BCUT2D eigenvalue weighted by molar-refractivity contribution is -0.121. The van der Waals surface area contributed by atoms with E-state index in [9.17, 15) is 4.79 Å². The van der Waals surface area contributed by atoms with Gasteiger partial charge in [0.15, 0.2) is 0 Å². The molecule has 0 aliphatic heterocycles. The Bertz CT molecular complexity index is 439. The van der Waals surface area contributed by atoms with Gasteiger partial charge in [0.2, 0.25) is 5.91 Å². The van der Waals surface area contributed by atoms with Crippen molar-refractivity contribution in [3.05, 3.63) is 28.8 Å². The molecule has 2 rings (SSSR count). The maximum Gasteiger partial charge on any atom is 0.244 e. The molecule has 1 amide bonds. The molecule has 1 fully saturated rings. The van der Waals surface area contributed by atoms with Gasteiger partial charge in [0.25, 0.3) is 0 Å². The van der Waals surface area contributed by atoms with Crippen LogP contribution >= 0.6 is 11.6 Å². The molecule has 1 aromatic carbocycles. The second-order valence-electron chi connectivity index (χ2n) is 4.73. The van der Waals surface area contributed by atoms with Crippen LogP contribution in [0.25, 0.3) is 0 Å². The highest BCUT2D eigenvalue weighted by Gasteiger charge is 2.37. The Morgan fingerprint density at radius 3 is 2.71 bits per heavy atom. The molecule has 92 valence electrons. The first-order valence-electron chi connectivity index (χ1n) is 5.88. The van der Waals surface area contributed by atoms with Crippen LogP contribution in [0.5, 0.6) is 0 Å². The molecule has 1 saturated carbocycles. The Kier molecular flexibility index (Phi) is 3.40. The zero-order valence-corrected chi connectivity index (χ0v) is 10.7. The minimum absolute atomic E-state index is 0.0969. The molecule has 0 spiro atoms. The Morgan fingerprint density at radius 2 is 2.06 bits per heavy atom. The molecule has 17 heavy (non-hydrogen) atoms. The molecule has 0 radical (unpaired) electrons. The van der Waals surface area contributed by atoms with Crippen molar-refractivity contribution in [2.45, 2.75) is 38.1 Å². The fourth-order valence-electron chi connectivity index (χ4n) is 2.22. The molecule has 1 aliphatic carbocycles. The Morgan fingerprint density at radius 1 is 1.41 bits per heavy atom. The van der Waals surface area contributed by atoms with E-state index >= 15 is 0 Å². The summed E-state index contributed by atoms with van der Waals surface area (Å²) in [6.45, 7) is 1.88. The van der Waals surface area contributed by atoms with Crippen molar-refractivity contribution in [3.63, 3.8) is 0 Å². The van der Waals surface area contributed by atoms with Crippen LogP contribution in [0.3, 0.4) is 0 Å². The van der Waals surface area contributed by atoms with Crippen LogP contribution in [0, 0.1) is 6.92 Å². The van der Waals surface area contributed by atoms with Crippen LogP contribution in [0.2, 0.25) is 5.02 Å². The average molecular weight is 253 g/mol. The summed E-state index contributed by atoms with van der Waals surface area (Å²) in [5.74, 6) is -0.0969.